The van der Waals surface area contributed by atoms with Crippen molar-refractivity contribution in [1.82, 2.24) is 25.2 Å². The highest BCUT2D eigenvalue weighted by Gasteiger charge is 2.25. The van der Waals surface area contributed by atoms with E-state index in [4.69, 9.17) is 4.74 Å². The lowest BCUT2D eigenvalue weighted by Gasteiger charge is -2.25. The molecule has 0 radical (unpaired) electrons. The van der Waals surface area contributed by atoms with Gasteiger partial charge in [-0.05, 0) is 31.5 Å². The fourth-order valence-electron chi connectivity index (χ4n) is 3.19. The lowest BCUT2D eigenvalue weighted by atomic mass is 10.1. The van der Waals surface area contributed by atoms with Crippen LogP contribution in [0.25, 0.3) is 0 Å². The predicted molar refractivity (Wildman–Crippen MR) is 99.0 cm³/mol. The minimum Gasteiger partial charge on any atom is -0.467 e. The van der Waals surface area contributed by atoms with E-state index in [0.717, 1.165) is 19.6 Å². The zero-order chi connectivity index (χ0) is 19.1. The SMILES string of the molecule is COC(=O)[C@@H](NC(=O)c1cn(CCN2CCCCC2)nn1)c1ccccc1. The number of hydrogen-bond acceptors (Lipinski definition) is 6. The minimum absolute atomic E-state index is 0.179. The molecule has 1 aromatic heterocycles. The quantitative estimate of drug-likeness (QED) is 0.740. The molecule has 1 amide bonds. The Balaban J connectivity index is 1.61. The van der Waals surface area contributed by atoms with Gasteiger partial charge in [0.2, 0.25) is 0 Å². The number of esters is 1. The van der Waals surface area contributed by atoms with Crippen LogP contribution < -0.4 is 5.32 Å². The maximum Gasteiger partial charge on any atom is 0.333 e. The standard InChI is InChI=1S/C19H25N5O3/c1-27-19(26)17(15-8-4-2-5-9-15)20-18(25)16-14-24(22-21-16)13-12-23-10-6-3-7-11-23/h2,4-5,8-9,14,17H,3,6-7,10-13H2,1H3,(H,20,25)/t17-/m0/s1. The third-order valence-corrected chi connectivity index (χ3v) is 4.71. The number of aromatic nitrogens is 3. The lowest BCUT2D eigenvalue weighted by Crippen LogP contribution is -2.34. The van der Waals surface area contributed by atoms with E-state index in [0.29, 0.717) is 12.1 Å². The van der Waals surface area contributed by atoms with Gasteiger partial charge in [0.05, 0.1) is 19.9 Å². The Labute approximate surface area is 158 Å². The van der Waals surface area contributed by atoms with Gasteiger partial charge in [-0.3, -0.25) is 9.48 Å². The van der Waals surface area contributed by atoms with E-state index in [1.165, 1.54) is 26.4 Å². The van der Waals surface area contributed by atoms with Crippen LogP contribution in [0, 0.1) is 0 Å². The first-order valence-electron chi connectivity index (χ1n) is 9.23. The summed E-state index contributed by atoms with van der Waals surface area (Å²) < 4.78 is 6.48. The van der Waals surface area contributed by atoms with Crippen molar-refractivity contribution in [2.24, 2.45) is 0 Å². The zero-order valence-electron chi connectivity index (χ0n) is 15.5. The van der Waals surface area contributed by atoms with E-state index in [1.807, 2.05) is 6.07 Å². The van der Waals surface area contributed by atoms with Gasteiger partial charge >= 0.3 is 5.97 Å². The number of amides is 1. The van der Waals surface area contributed by atoms with Gasteiger partial charge < -0.3 is 15.0 Å². The average Bonchev–Trinajstić information content (AvgIpc) is 3.20. The summed E-state index contributed by atoms with van der Waals surface area (Å²) in [7, 11) is 1.29. The highest BCUT2D eigenvalue weighted by molar-refractivity contribution is 5.95. The van der Waals surface area contributed by atoms with Gasteiger partial charge in [-0.2, -0.15) is 0 Å². The minimum atomic E-state index is -0.887. The van der Waals surface area contributed by atoms with Crippen molar-refractivity contribution in [2.75, 3.05) is 26.7 Å². The van der Waals surface area contributed by atoms with Crippen LogP contribution in [0.15, 0.2) is 36.5 Å². The molecule has 1 fully saturated rings. The van der Waals surface area contributed by atoms with Crippen molar-refractivity contribution in [1.29, 1.82) is 0 Å². The number of rotatable bonds is 7. The van der Waals surface area contributed by atoms with Crippen LogP contribution >= 0.6 is 0 Å². The molecule has 27 heavy (non-hydrogen) atoms. The van der Waals surface area contributed by atoms with Crippen LogP contribution in [0.3, 0.4) is 0 Å². The Kier molecular flexibility index (Phi) is 6.54. The van der Waals surface area contributed by atoms with Crippen molar-refractivity contribution in [3.8, 4) is 0 Å². The molecule has 1 aliphatic heterocycles. The molecule has 8 heteroatoms. The van der Waals surface area contributed by atoms with Crippen LogP contribution in [-0.2, 0) is 16.1 Å². The molecule has 144 valence electrons. The van der Waals surface area contributed by atoms with Crippen LogP contribution in [0.4, 0.5) is 0 Å². The van der Waals surface area contributed by atoms with Gasteiger partial charge in [0, 0.05) is 6.54 Å². The largest absolute Gasteiger partial charge is 0.467 e. The van der Waals surface area contributed by atoms with Gasteiger partial charge in [0.1, 0.15) is 0 Å². The van der Waals surface area contributed by atoms with E-state index in [-0.39, 0.29) is 5.69 Å². The maximum atomic E-state index is 12.5. The van der Waals surface area contributed by atoms with Crippen molar-refractivity contribution in [2.45, 2.75) is 31.8 Å². The molecular weight excluding hydrogens is 346 g/mol. The second-order valence-corrected chi connectivity index (χ2v) is 6.61. The summed E-state index contributed by atoms with van der Waals surface area (Å²) in [6.07, 6.45) is 5.38. The lowest BCUT2D eigenvalue weighted by molar-refractivity contribution is -0.143. The summed E-state index contributed by atoms with van der Waals surface area (Å²) >= 11 is 0. The number of carbonyl (C=O) groups excluding carboxylic acids is 2. The summed E-state index contributed by atoms with van der Waals surface area (Å²) in [5, 5.41) is 10.7. The van der Waals surface area contributed by atoms with Crippen molar-refractivity contribution >= 4 is 11.9 Å². The highest BCUT2D eigenvalue weighted by Crippen LogP contribution is 2.15. The fraction of sp³-hybridized carbons (Fsp3) is 0.474. The molecule has 8 nitrogen and oxygen atoms in total. The Bertz CT molecular complexity index is 756. The molecule has 0 saturated carbocycles. The summed E-state index contributed by atoms with van der Waals surface area (Å²) in [6, 6.07) is 8.08. The molecule has 1 aromatic carbocycles. The molecular formula is C19H25N5O3. The topological polar surface area (TPSA) is 89.4 Å². The van der Waals surface area contributed by atoms with Gasteiger partial charge in [-0.1, -0.05) is 42.0 Å². The smallest absolute Gasteiger partial charge is 0.333 e. The molecule has 1 aliphatic rings. The van der Waals surface area contributed by atoms with Crippen molar-refractivity contribution in [3.05, 3.63) is 47.8 Å². The molecule has 0 unspecified atom stereocenters. The van der Waals surface area contributed by atoms with Crippen LogP contribution in [0.2, 0.25) is 0 Å². The molecule has 0 bridgehead atoms. The van der Waals surface area contributed by atoms with E-state index in [9.17, 15) is 9.59 Å². The number of carbonyl (C=O) groups is 2. The average molecular weight is 371 g/mol. The number of piperidine rings is 1. The number of likely N-dealkylation sites (tertiary alicyclic amines) is 1. The van der Waals surface area contributed by atoms with Crippen molar-refractivity contribution < 1.29 is 14.3 Å². The van der Waals surface area contributed by atoms with Crippen LogP contribution in [-0.4, -0.2) is 58.5 Å². The molecule has 1 N–H and O–H groups in total. The van der Waals surface area contributed by atoms with E-state index >= 15 is 0 Å². The summed E-state index contributed by atoms with van der Waals surface area (Å²) in [5.41, 5.74) is 0.827. The zero-order valence-corrected chi connectivity index (χ0v) is 15.5. The van der Waals surface area contributed by atoms with E-state index in [1.54, 1.807) is 35.1 Å². The van der Waals surface area contributed by atoms with Gasteiger partial charge in [-0.15, -0.1) is 5.10 Å². The number of nitrogens with zero attached hydrogens (tertiary/aromatic N) is 4. The van der Waals surface area contributed by atoms with E-state index < -0.39 is 17.9 Å². The Hall–Kier alpha value is -2.74. The second-order valence-electron chi connectivity index (χ2n) is 6.61. The maximum absolute atomic E-state index is 12.5. The van der Waals surface area contributed by atoms with Crippen LogP contribution in [0.1, 0.15) is 41.4 Å². The second kappa shape index (κ2) is 9.27. The van der Waals surface area contributed by atoms with Crippen LogP contribution in [0.5, 0.6) is 0 Å². The number of ether oxygens (including phenoxy) is 1. The summed E-state index contributed by atoms with van der Waals surface area (Å²) in [5.74, 6) is -0.995. The Morgan fingerprint density at radius 3 is 2.59 bits per heavy atom. The molecule has 1 saturated heterocycles. The number of hydrogen-bond donors (Lipinski definition) is 1. The summed E-state index contributed by atoms with van der Waals surface area (Å²) in [6.45, 7) is 3.79. The first kappa shape index (κ1) is 19.0. The third-order valence-electron chi connectivity index (χ3n) is 4.71. The van der Waals surface area contributed by atoms with Gasteiger partial charge in [0.15, 0.2) is 11.7 Å². The molecule has 0 aliphatic carbocycles. The first-order chi connectivity index (χ1) is 13.2. The van der Waals surface area contributed by atoms with Gasteiger partial charge in [0.25, 0.3) is 5.91 Å². The Morgan fingerprint density at radius 2 is 1.89 bits per heavy atom. The molecule has 3 rings (SSSR count). The molecule has 2 heterocycles. The molecule has 1 atom stereocenters. The molecule has 0 spiro atoms. The van der Waals surface area contributed by atoms with E-state index in [2.05, 4.69) is 20.5 Å². The Morgan fingerprint density at radius 1 is 1.15 bits per heavy atom. The number of methoxy groups -OCH3 is 1. The highest BCUT2D eigenvalue weighted by atomic mass is 16.5. The van der Waals surface area contributed by atoms with Gasteiger partial charge in [-0.25, -0.2) is 4.79 Å². The molecule has 2 aromatic rings. The first-order valence-corrected chi connectivity index (χ1v) is 9.23. The monoisotopic (exact) mass is 371 g/mol. The normalized spacial score (nSPS) is 15.9. The number of benzene rings is 1. The predicted octanol–water partition coefficient (Wildman–Crippen LogP) is 1.41. The summed E-state index contributed by atoms with van der Waals surface area (Å²) in [4.78, 5) is 27.0. The fourth-order valence-corrected chi connectivity index (χ4v) is 3.19. The third kappa shape index (κ3) is 5.13. The van der Waals surface area contributed by atoms with Crippen molar-refractivity contribution in [3.63, 3.8) is 0 Å². The number of nitrogens with one attached hydrogen (secondary N) is 1.